The second-order valence-electron chi connectivity index (χ2n) is 5.66. The average molecular weight is 358 g/mol. The lowest BCUT2D eigenvalue weighted by Crippen LogP contribution is -2.24. The number of ketones is 1. The number of hydrogen-bond acceptors (Lipinski definition) is 6. The molecular weight excluding hydrogens is 336 g/mol. The largest absolute Gasteiger partial charge is 0.493 e. The van der Waals surface area contributed by atoms with Gasteiger partial charge in [0.15, 0.2) is 17.6 Å². The molecule has 0 saturated carbocycles. The SMILES string of the molecule is COc1ccc(C(=O)OC(C)C(=O)c2ccc(C)cc2)c(OC)c1OC. The first kappa shape index (κ1) is 19.3. The highest BCUT2D eigenvalue weighted by molar-refractivity contribution is 6.02. The zero-order valence-electron chi connectivity index (χ0n) is 15.5. The van der Waals surface area contributed by atoms with E-state index < -0.39 is 12.1 Å². The molecule has 0 aliphatic rings. The standard InChI is InChI=1S/C20H22O6/c1-12-6-8-14(9-7-12)17(21)13(2)26-20(22)15-10-11-16(23-3)19(25-5)18(15)24-4/h6-11,13H,1-5H3. The lowest BCUT2D eigenvalue weighted by Gasteiger charge is -2.17. The first-order chi connectivity index (χ1) is 12.4. The van der Waals surface area contributed by atoms with Crippen molar-refractivity contribution in [2.75, 3.05) is 21.3 Å². The van der Waals surface area contributed by atoms with E-state index in [1.807, 2.05) is 19.1 Å². The van der Waals surface area contributed by atoms with Crippen molar-refractivity contribution >= 4 is 11.8 Å². The summed E-state index contributed by atoms with van der Waals surface area (Å²) >= 11 is 0. The molecule has 0 spiro atoms. The first-order valence-corrected chi connectivity index (χ1v) is 8.03. The summed E-state index contributed by atoms with van der Waals surface area (Å²) in [6.45, 7) is 3.47. The Morgan fingerprint density at radius 1 is 0.846 bits per heavy atom. The van der Waals surface area contributed by atoms with Crippen LogP contribution in [0.4, 0.5) is 0 Å². The van der Waals surface area contributed by atoms with Crippen LogP contribution >= 0.6 is 0 Å². The normalized spacial score (nSPS) is 11.4. The summed E-state index contributed by atoms with van der Waals surface area (Å²) in [4.78, 5) is 25.0. The molecule has 26 heavy (non-hydrogen) atoms. The highest BCUT2D eigenvalue weighted by atomic mass is 16.6. The number of carbonyl (C=O) groups excluding carboxylic acids is 2. The molecule has 0 amide bonds. The number of rotatable bonds is 7. The van der Waals surface area contributed by atoms with Gasteiger partial charge in [0.2, 0.25) is 11.5 Å². The van der Waals surface area contributed by atoms with Gasteiger partial charge in [-0.1, -0.05) is 29.8 Å². The fourth-order valence-corrected chi connectivity index (χ4v) is 2.49. The monoisotopic (exact) mass is 358 g/mol. The molecule has 2 rings (SSSR count). The number of Topliss-reactive ketones (excluding diaryl/α,β-unsaturated/α-hetero) is 1. The molecule has 0 saturated heterocycles. The van der Waals surface area contributed by atoms with Gasteiger partial charge in [0.25, 0.3) is 0 Å². The predicted octanol–water partition coefficient (Wildman–Crippen LogP) is 3.45. The molecule has 0 aromatic heterocycles. The second-order valence-corrected chi connectivity index (χ2v) is 5.66. The van der Waals surface area contributed by atoms with Gasteiger partial charge in [0.1, 0.15) is 5.56 Å². The van der Waals surface area contributed by atoms with Crippen molar-refractivity contribution in [1.29, 1.82) is 0 Å². The molecule has 0 radical (unpaired) electrons. The van der Waals surface area contributed by atoms with Gasteiger partial charge in [0, 0.05) is 5.56 Å². The van der Waals surface area contributed by atoms with E-state index in [1.165, 1.54) is 34.3 Å². The van der Waals surface area contributed by atoms with Crippen molar-refractivity contribution in [2.24, 2.45) is 0 Å². The Morgan fingerprint density at radius 3 is 2.00 bits per heavy atom. The quantitative estimate of drug-likeness (QED) is 0.558. The Kier molecular flexibility index (Phi) is 6.22. The summed E-state index contributed by atoms with van der Waals surface area (Å²) < 4.78 is 21.1. The minimum atomic E-state index is -0.942. The predicted molar refractivity (Wildman–Crippen MR) is 96.5 cm³/mol. The van der Waals surface area contributed by atoms with E-state index >= 15 is 0 Å². The number of carbonyl (C=O) groups is 2. The van der Waals surface area contributed by atoms with Crippen LogP contribution in [0.25, 0.3) is 0 Å². The van der Waals surface area contributed by atoms with Crippen LogP contribution in [0, 0.1) is 6.92 Å². The lowest BCUT2D eigenvalue weighted by atomic mass is 10.1. The van der Waals surface area contributed by atoms with Crippen molar-refractivity contribution in [1.82, 2.24) is 0 Å². The molecule has 6 nitrogen and oxygen atoms in total. The lowest BCUT2D eigenvalue weighted by molar-refractivity contribution is 0.0315. The third-order valence-electron chi connectivity index (χ3n) is 3.91. The molecule has 6 heteroatoms. The number of benzene rings is 2. The number of hydrogen-bond donors (Lipinski definition) is 0. The maximum absolute atomic E-state index is 12.5. The smallest absolute Gasteiger partial charge is 0.342 e. The molecular formula is C20H22O6. The maximum atomic E-state index is 12.5. The minimum absolute atomic E-state index is 0.147. The molecule has 1 unspecified atom stereocenters. The van der Waals surface area contributed by atoms with Crippen LogP contribution in [0.1, 0.15) is 33.2 Å². The minimum Gasteiger partial charge on any atom is -0.493 e. The number of esters is 1. The summed E-state index contributed by atoms with van der Waals surface area (Å²) in [7, 11) is 4.34. The van der Waals surface area contributed by atoms with Crippen LogP contribution in [-0.4, -0.2) is 39.2 Å². The highest BCUT2D eigenvalue weighted by Gasteiger charge is 2.25. The van der Waals surface area contributed by atoms with Crippen molar-refractivity contribution < 1.29 is 28.5 Å². The summed E-state index contributed by atoms with van der Waals surface area (Å²) in [6.07, 6.45) is -0.942. The van der Waals surface area contributed by atoms with E-state index in [0.717, 1.165) is 5.56 Å². The Labute approximate surface area is 152 Å². The van der Waals surface area contributed by atoms with Crippen LogP contribution in [-0.2, 0) is 4.74 Å². The number of aryl methyl sites for hydroxylation is 1. The molecule has 0 heterocycles. The van der Waals surface area contributed by atoms with Gasteiger partial charge in [-0.2, -0.15) is 0 Å². The van der Waals surface area contributed by atoms with E-state index in [0.29, 0.717) is 11.3 Å². The Morgan fingerprint density at radius 2 is 1.46 bits per heavy atom. The molecule has 0 aliphatic carbocycles. The number of methoxy groups -OCH3 is 3. The maximum Gasteiger partial charge on any atom is 0.342 e. The number of ether oxygens (including phenoxy) is 4. The van der Waals surface area contributed by atoms with Crippen LogP contribution in [0.2, 0.25) is 0 Å². The van der Waals surface area contributed by atoms with Crippen molar-refractivity contribution in [3.05, 3.63) is 53.1 Å². The van der Waals surface area contributed by atoms with Crippen LogP contribution < -0.4 is 14.2 Å². The molecule has 138 valence electrons. The van der Waals surface area contributed by atoms with Gasteiger partial charge >= 0.3 is 5.97 Å². The van der Waals surface area contributed by atoms with Crippen molar-refractivity contribution in [3.63, 3.8) is 0 Å². The van der Waals surface area contributed by atoms with E-state index in [4.69, 9.17) is 18.9 Å². The molecule has 0 fully saturated rings. The fraction of sp³-hybridized carbons (Fsp3) is 0.300. The van der Waals surface area contributed by atoms with E-state index in [-0.39, 0.29) is 22.8 Å². The molecule has 2 aromatic rings. The van der Waals surface area contributed by atoms with Gasteiger partial charge in [0.05, 0.1) is 21.3 Å². The van der Waals surface area contributed by atoms with Crippen LogP contribution in [0.15, 0.2) is 36.4 Å². The van der Waals surface area contributed by atoms with Gasteiger partial charge in [-0.15, -0.1) is 0 Å². The first-order valence-electron chi connectivity index (χ1n) is 8.03. The Hall–Kier alpha value is -3.02. The molecule has 0 aliphatic heterocycles. The van der Waals surface area contributed by atoms with Crippen LogP contribution in [0.5, 0.6) is 17.2 Å². The van der Waals surface area contributed by atoms with E-state index in [1.54, 1.807) is 18.2 Å². The van der Waals surface area contributed by atoms with Gasteiger partial charge in [-0.25, -0.2) is 4.79 Å². The molecule has 0 bridgehead atoms. The topological polar surface area (TPSA) is 71.1 Å². The van der Waals surface area contributed by atoms with Gasteiger partial charge in [-0.3, -0.25) is 4.79 Å². The van der Waals surface area contributed by atoms with E-state index in [2.05, 4.69) is 0 Å². The van der Waals surface area contributed by atoms with Crippen molar-refractivity contribution in [3.8, 4) is 17.2 Å². The molecule has 2 aromatic carbocycles. The molecule has 0 N–H and O–H groups in total. The molecule has 1 atom stereocenters. The third-order valence-corrected chi connectivity index (χ3v) is 3.91. The summed E-state index contributed by atoms with van der Waals surface area (Å²) in [5.41, 5.74) is 1.67. The average Bonchev–Trinajstić information content (AvgIpc) is 2.66. The van der Waals surface area contributed by atoms with Crippen molar-refractivity contribution in [2.45, 2.75) is 20.0 Å². The Balaban J connectivity index is 2.23. The Bertz CT molecular complexity index is 795. The fourth-order valence-electron chi connectivity index (χ4n) is 2.49. The van der Waals surface area contributed by atoms with Crippen LogP contribution in [0.3, 0.4) is 0 Å². The van der Waals surface area contributed by atoms with Gasteiger partial charge < -0.3 is 18.9 Å². The summed E-state index contributed by atoms with van der Waals surface area (Å²) in [5.74, 6) is -0.0768. The van der Waals surface area contributed by atoms with E-state index in [9.17, 15) is 9.59 Å². The van der Waals surface area contributed by atoms with Gasteiger partial charge in [-0.05, 0) is 26.0 Å². The second kappa shape index (κ2) is 8.38. The zero-order chi connectivity index (χ0) is 19.3. The summed E-state index contributed by atoms with van der Waals surface area (Å²) in [5, 5.41) is 0. The summed E-state index contributed by atoms with van der Waals surface area (Å²) in [6, 6.07) is 10.2. The zero-order valence-corrected chi connectivity index (χ0v) is 15.5. The third kappa shape index (κ3) is 3.96. The highest BCUT2D eigenvalue weighted by Crippen LogP contribution is 2.40.